The molecule has 0 saturated carbocycles. The molecule has 3 fully saturated rings. The molecule has 3 atom stereocenters. The summed E-state index contributed by atoms with van der Waals surface area (Å²) < 4.78 is 6.28. The number of piperazine rings is 1. The molecule has 7 rings (SSSR count). The fourth-order valence-electron chi connectivity index (χ4n) is 7.21. The number of amides is 1. The van der Waals surface area contributed by atoms with Crippen molar-refractivity contribution in [3.63, 3.8) is 0 Å². The van der Waals surface area contributed by atoms with Crippen LogP contribution in [0.25, 0.3) is 10.8 Å². The Labute approximate surface area is 239 Å². The minimum absolute atomic E-state index is 0.00344. The molecular weight excluding hydrogens is 528 g/mol. The average Bonchev–Trinajstić information content (AvgIpc) is 3.49. The number of hydrogen-bond acceptors (Lipinski definition) is 7. The van der Waals surface area contributed by atoms with Crippen LogP contribution in [-0.2, 0) is 13.0 Å². The fraction of sp³-hybridized carbons (Fsp3) is 0.500. The van der Waals surface area contributed by atoms with Crippen molar-refractivity contribution in [2.24, 2.45) is 0 Å². The normalized spacial score (nSPS) is 24.6. The van der Waals surface area contributed by atoms with E-state index < -0.39 is 6.09 Å². The molecule has 3 saturated heterocycles. The fourth-order valence-corrected chi connectivity index (χ4v) is 7.49. The summed E-state index contributed by atoms with van der Waals surface area (Å²) in [5.74, 6) is 0.914. The van der Waals surface area contributed by atoms with Gasteiger partial charge in [-0.2, -0.15) is 9.97 Å². The predicted molar refractivity (Wildman–Crippen MR) is 156 cm³/mol. The number of fused-ring (bicyclic) bond motifs is 4. The van der Waals surface area contributed by atoms with E-state index in [2.05, 4.69) is 46.0 Å². The number of aromatic nitrogens is 2. The van der Waals surface area contributed by atoms with Crippen LogP contribution in [0.4, 0.5) is 16.3 Å². The lowest BCUT2D eigenvalue weighted by atomic mass is 10.0. The quantitative estimate of drug-likeness (QED) is 0.481. The number of likely N-dealkylation sites (tertiary alicyclic amines) is 1. The Morgan fingerprint density at radius 3 is 2.55 bits per heavy atom. The van der Waals surface area contributed by atoms with Crippen molar-refractivity contribution >= 4 is 40.0 Å². The van der Waals surface area contributed by atoms with Gasteiger partial charge >= 0.3 is 12.1 Å². The number of nitrogens with zero attached hydrogens (tertiary/aromatic N) is 6. The van der Waals surface area contributed by atoms with Crippen LogP contribution >= 0.6 is 11.6 Å². The zero-order valence-electron chi connectivity index (χ0n) is 22.8. The topological polar surface area (TPSA) is 85.3 Å². The largest absolute Gasteiger partial charge is 0.465 e. The van der Waals surface area contributed by atoms with Crippen LogP contribution in [0.3, 0.4) is 0 Å². The number of anilines is 2. The Morgan fingerprint density at radius 1 is 1.05 bits per heavy atom. The van der Waals surface area contributed by atoms with Gasteiger partial charge in [-0.05, 0) is 63.2 Å². The zero-order valence-corrected chi connectivity index (χ0v) is 23.6. The second-order valence-corrected chi connectivity index (χ2v) is 12.0. The number of rotatable bonds is 5. The van der Waals surface area contributed by atoms with Gasteiger partial charge in [0.25, 0.3) is 0 Å². The van der Waals surface area contributed by atoms with Gasteiger partial charge in [-0.3, -0.25) is 4.90 Å². The number of halogens is 1. The number of hydrogen-bond donors (Lipinski definition) is 1. The second kappa shape index (κ2) is 10.3. The first-order chi connectivity index (χ1) is 19.5. The van der Waals surface area contributed by atoms with Crippen LogP contribution in [0.1, 0.15) is 36.9 Å². The second-order valence-electron chi connectivity index (χ2n) is 11.6. The molecule has 2 bridgehead atoms. The number of carbonyl (C=O) groups is 1. The van der Waals surface area contributed by atoms with Crippen molar-refractivity contribution < 1.29 is 14.6 Å². The van der Waals surface area contributed by atoms with Gasteiger partial charge in [0.2, 0.25) is 0 Å². The molecule has 5 heterocycles. The molecule has 4 aliphatic heterocycles. The van der Waals surface area contributed by atoms with E-state index >= 15 is 0 Å². The third-order valence-electron chi connectivity index (χ3n) is 9.27. The molecule has 0 aliphatic carbocycles. The van der Waals surface area contributed by atoms with Crippen molar-refractivity contribution in [2.45, 2.75) is 56.8 Å². The van der Waals surface area contributed by atoms with Crippen LogP contribution in [0.15, 0.2) is 36.4 Å². The molecule has 2 aromatic carbocycles. The van der Waals surface area contributed by atoms with Crippen LogP contribution in [0.2, 0.25) is 5.02 Å². The third-order valence-corrected chi connectivity index (χ3v) is 9.59. The lowest BCUT2D eigenvalue weighted by Crippen LogP contribution is -2.56. The Bertz CT molecular complexity index is 1430. The van der Waals surface area contributed by atoms with Crippen molar-refractivity contribution in [2.75, 3.05) is 49.6 Å². The average molecular weight is 563 g/mol. The number of benzene rings is 2. The Kier molecular flexibility index (Phi) is 6.59. The lowest BCUT2D eigenvalue weighted by Gasteiger charge is -2.41. The SMILES string of the molecule is CN1CCCC1COc1nc2c(c(N3C[C@H]4CC[C@@H](C3)N4C(=O)O)n1)CCN(c1cccc3cccc(Cl)c13)C2. The van der Waals surface area contributed by atoms with Gasteiger partial charge in [-0.15, -0.1) is 0 Å². The smallest absolute Gasteiger partial charge is 0.407 e. The van der Waals surface area contributed by atoms with Gasteiger partial charge in [0, 0.05) is 42.3 Å². The summed E-state index contributed by atoms with van der Waals surface area (Å²) in [4.78, 5) is 30.5. The molecule has 1 amide bonds. The van der Waals surface area contributed by atoms with E-state index in [0.29, 0.717) is 38.3 Å². The highest BCUT2D eigenvalue weighted by Crippen LogP contribution is 2.39. The Morgan fingerprint density at radius 2 is 1.82 bits per heavy atom. The molecule has 40 heavy (non-hydrogen) atoms. The molecule has 0 radical (unpaired) electrons. The summed E-state index contributed by atoms with van der Waals surface area (Å²) >= 11 is 6.69. The summed E-state index contributed by atoms with van der Waals surface area (Å²) in [6.45, 7) is 4.41. The summed E-state index contributed by atoms with van der Waals surface area (Å²) in [6.07, 6.45) is 4.07. The lowest BCUT2D eigenvalue weighted by molar-refractivity contribution is 0.114. The molecule has 1 aromatic heterocycles. The van der Waals surface area contributed by atoms with Crippen molar-refractivity contribution in [1.29, 1.82) is 0 Å². The number of ether oxygens (including phenoxy) is 1. The van der Waals surface area contributed by atoms with E-state index in [9.17, 15) is 9.90 Å². The summed E-state index contributed by atoms with van der Waals surface area (Å²) in [7, 11) is 2.14. The van der Waals surface area contributed by atoms with E-state index in [1.54, 1.807) is 4.90 Å². The van der Waals surface area contributed by atoms with Crippen LogP contribution in [0.5, 0.6) is 6.01 Å². The molecule has 1 N–H and O–H groups in total. The van der Waals surface area contributed by atoms with Gasteiger partial charge in [-0.1, -0.05) is 35.9 Å². The third kappa shape index (κ3) is 4.49. The molecule has 10 heteroatoms. The van der Waals surface area contributed by atoms with Gasteiger partial charge < -0.3 is 24.5 Å². The van der Waals surface area contributed by atoms with Gasteiger partial charge in [0.1, 0.15) is 12.4 Å². The summed E-state index contributed by atoms with van der Waals surface area (Å²) in [6, 6.07) is 13.1. The first kappa shape index (κ1) is 25.7. The predicted octanol–water partition coefficient (Wildman–Crippen LogP) is 4.65. The van der Waals surface area contributed by atoms with E-state index in [4.69, 9.17) is 26.3 Å². The maximum Gasteiger partial charge on any atom is 0.407 e. The molecule has 3 aromatic rings. The van der Waals surface area contributed by atoms with E-state index in [1.165, 1.54) is 6.42 Å². The van der Waals surface area contributed by atoms with Gasteiger partial charge in [-0.25, -0.2) is 4.79 Å². The van der Waals surface area contributed by atoms with Crippen LogP contribution in [0, 0.1) is 0 Å². The van der Waals surface area contributed by atoms with E-state index in [0.717, 1.165) is 77.3 Å². The monoisotopic (exact) mass is 562 g/mol. The first-order valence-electron chi connectivity index (χ1n) is 14.4. The van der Waals surface area contributed by atoms with E-state index in [-0.39, 0.29) is 12.1 Å². The molecule has 1 unspecified atom stereocenters. The van der Waals surface area contributed by atoms with Crippen molar-refractivity contribution in [3.8, 4) is 6.01 Å². The van der Waals surface area contributed by atoms with Crippen molar-refractivity contribution in [3.05, 3.63) is 52.7 Å². The van der Waals surface area contributed by atoms with Gasteiger partial charge in [0.15, 0.2) is 0 Å². The summed E-state index contributed by atoms with van der Waals surface area (Å²) in [5.41, 5.74) is 3.23. The Hall–Kier alpha value is -3.30. The minimum Gasteiger partial charge on any atom is -0.465 e. The minimum atomic E-state index is -0.814. The Balaban J connectivity index is 1.23. The van der Waals surface area contributed by atoms with Crippen LogP contribution in [-0.4, -0.2) is 88.9 Å². The number of carboxylic acid groups (broad SMARTS) is 1. The van der Waals surface area contributed by atoms with Crippen LogP contribution < -0.4 is 14.5 Å². The van der Waals surface area contributed by atoms with E-state index in [1.807, 2.05) is 12.1 Å². The maximum atomic E-state index is 11.9. The highest BCUT2D eigenvalue weighted by Gasteiger charge is 2.44. The molecular formula is C30H35ClN6O3. The molecule has 4 aliphatic rings. The molecule has 9 nitrogen and oxygen atoms in total. The van der Waals surface area contributed by atoms with Gasteiger partial charge in [0.05, 0.1) is 29.3 Å². The summed E-state index contributed by atoms with van der Waals surface area (Å²) in [5, 5.41) is 12.7. The highest BCUT2D eigenvalue weighted by atomic mass is 35.5. The zero-order chi connectivity index (χ0) is 27.4. The standard InChI is InChI=1S/C30H35ClN6O3/c1-34-13-4-7-22(34)18-40-29-32-25-17-35(26-9-3-6-19-5-2-8-24(31)27(19)26)14-12-23(25)28(33-29)36-15-20-10-11-21(16-36)37(20)30(38)39/h2-3,5-6,8-9,20-22H,4,7,10-18H2,1H3,(H,38,39)/t20-,21+,22?. The maximum absolute atomic E-state index is 11.9. The highest BCUT2D eigenvalue weighted by molar-refractivity contribution is 6.36. The molecule has 0 spiro atoms. The first-order valence-corrected chi connectivity index (χ1v) is 14.8. The number of likely N-dealkylation sites (N-methyl/N-ethyl adjacent to an activating group) is 1. The van der Waals surface area contributed by atoms with Crippen molar-refractivity contribution in [1.82, 2.24) is 19.8 Å². The molecule has 210 valence electrons.